The van der Waals surface area contributed by atoms with Crippen molar-refractivity contribution in [1.82, 2.24) is 19.6 Å². The van der Waals surface area contributed by atoms with E-state index in [2.05, 4.69) is 102 Å². The fraction of sp³-hybridized carbons (Fsp3) is 0.800. The van der Waals surface area contributed by atoms with Crippen molar-refractivity contribution >= 4 is 0 Å². The molecule has 2 aliphatic rings. The third-order valence-electron chi connectivity index (χ3n) is 7.12. The SMILES string of the molecule is C=C1N(C)C(C)C(C)C(C)N1C.C=C1N(C)C(C)C(C)C(C)N1C. The Morgan fingerprint density at radius 2 is 0.667 bits per heavy atom. The number of nitrogens with zero attached hydrogens (tertiary/aromatic N) is 4. The largest absolute Gasteiger partial charge is 0.359 e. The summed E-state index contributed by atoms with van der Waals surface area (Å²) >= 11 is 0. The van der Waals surface area contributed by atoms with Gasteiger partial charge in [0.2, 0.25) is 0 Å². The van der Waals surface area contributed by atoms with Crippen LogP contribution in [-0.4, -0.2) is 72.0 Å². The lowest BCUT2D eigenvalue weighted by Crippen LogP contribution is -2.53. The molecule has 0 amide bonds. The van der Waals surface area contributed by atoms with Crippen LogP contribution in [-0.2, 0) is 0 Å². The molecule has 0 N–H and O–H groups in total. The van der Waals surface area contributed by atoms with E-state index in [4.69, 9.17) is 0 Å². The highest BCUT2D eigenvalue weighted by Crippen LogP contribution is 2.29. The second-order valence-corrected chi connectivity index (χ2v) is 7.96. The standard InChI is InChI=1S/2C10H20N2/c2*1-7-8(2)11(5)10(4)12(6)9(7)3/h2*7-9H,4H2,1-3,5-6H3. The predicted molar refractivity (Wildman–Crippen MR) is 106 cm³/mol. The van der Waals surface area contributed by atoms with Gasteiger partial charge >= 0.3 is 0 Å². The fourth-order valence-corrected chi connectivity index (χ4v) is 3.65. The van der Waals surface area contributed by atoms with Gasteiger partial charge in [0.05, 0.1) is 11.6 Å². The average molecular weight is 337 g/mol. The summed E-state index contributed by atoms with van der Waals surface area (Å²) in [6.07, 6.45) is 0. The van der Waals surface area contributed by atoms with Crippen LogP contribution in [0.4, 0.5) is 0 Å². The molecule has 2 rings (SSSR count). The highest BCUT2D eigenvalue weighted by molar-refractivity contribution is 5.03. The first kappa shape index (κ1) is 20.7. The summed E-state index contributed by atoms with van der Waals surface area (Å²) in [4.78, 5) is 9.02. The van der Waals surface area contributed by atoms with Gasteiger partial charge in [0.1, 0.15) is 0 Å². The molecule has 0 aromatic carbocycles. The van der Waals surface area contributed by atoms with Crippen LogP contribution >= 0.6 is 0 Å². The summed E-state index contributed by atoms with van der Waals surface area (Å²) in [6.45, 7) is 21.8. The Kier molecular flexibility index (Phi) is 6.66. The monoisotopic (exact) mass is 336 g/mol. The van der Waals surface area contributed by atoms with Crippen molar-refractivity contribution < 1.29 is 0 Å². The summed E-state index contributed by atoms with van der Waals surface area (Å²) in [5, 5.41) is 0. The van der Waals surface area contributed by atoms with E-state index in [-0.39, 0.29) is 0 Å². The maximum absolute atomic E-state index is 4.06. The van der Waals surface area contributed by atoms with Crippen LogP contribution in [0.15, 0.2) is 24.8 Å². The van der Waals surface area contributed by atoms with Gasteiger partial charge in [0.25, 0.3) is 0 Å². The van der Waals surface area contributed by atoms with E-state index in [1.807, 2.05) is 0 Å². The lowest BCUT2D eigenvalue weighted by atomic mass is 9.91. The molecule has 0 spiro atoms. The van der Waals surface area contributed by atoms with Gasteiger partial charge in [-0.1, -0.05) is 27.0 Å². The summed E-state index contributed by atoms with van der Waals surface area (Å²) in [6, 6.07) is 2.40. The molecular weight excluding hydrogens is 296 g/mol. The first-order valence-electron chi connectivity index (χ1n) is 9.22. The van der Waals surface area contributed by atoms with Crippen LogP contribution < -0.4 is 0 Å². The van der Waals surface area contributed by atoms with Crippen molar-refractivity contribution in [2.24, 2.45) is 11.8 Å². The van der Waals surface area contributed by atoms with E-state index in [1.54, 1.807) is 0 Å². The maximum atomic E-state index is 4.06. The Bertz CT molecular complexity index is 383. The van der Waals surface area contributed by atoms with Crippen LogP contribution in [0.25, 0.3) is 0 Å². The van der Waals surface area contributed by atoms with Crippen molar-refractivity contribution in [3.63, 3.8) is 0 Å². The Morgan fingerprint density at radius 3 is 0.833 bits per heavy atom. The zero-order valence-corrected chi connectivity index (χ0v) is 17.7. The zero-order chi connectivity index (χ0) is 18.9. The molecule has 2 fully saturated rings. The van der Waals surface area contributed by atoms with E-state index in [1.165, 1.54) is 0 Å². The Morgan fingerprint density at radius 1 is 0.500 bits per heavy atom. The van der Waals surface area contributed by atoms with E-state index >= 15 is 0 Å². The molecule has 0 aliphatic carbocycles. The van der Waals surface area contributed by atoms with Crippen molar-refractivity contribution in [3.05, 3.63) is 24.8 Å². The molecule has 0 aromatic rings. The number of hydrogen-bond acceptors (Lipinski definition) is 4. The van der Waals surface area contributed by atoms with Gasteiger partial charge in [-0.05, 0) is 39.5 Å². The van der Waals surface area contributed by atoms with Crippen LogP contribution in [0.2, 0.25) is 0 Å². The third kappa shape index (κ3) is 3.68. The molecule has 4 unspecified atom stereocenters. The van der Waals surface area contributed by atoms with Gasteiger partial charge in [-0.15, -0.1) is 0 Å². The Labute approximate surface area is 150 Å². The molecule has 4 atom stereocenters. The van der Waals surface area contributed by atoms with Gasteiger partial charge in [-0.3, -0.25) is 0 Å². The number of hydrogen-bond donors (Lipinski definition) is 0. The van der Waals surface area contributed by atoms with E-state index in [0.29, 0.717) is 36.0 Å². The minimum atomic E-state index is 0.601. The van der Waals surface area contributed by atoms with Crippen molar-refractivity contribution in [1.29, 1.82) is 0 Å². The van der Waals surface area contributed by atoms with Gasteiger partial charge in [0.15, 0.2) is 0 Å². The maximum Gasteiger partial charge on any atom is 0.0964 e. The van der Waals surface area contributed by atoms with Gasteiger partial charge < -0.3 is 19.6 Å². The lowest BCUT2D eigenvalue weighted by Gasteiger charge is -2.48. The molecular formula is C20H40N4. The summed E-state index contributed by atoms with van der Waals surface area (Å²) in [5.74, 6) is 3.66. The number of rotatable bonds is 0. The molecule has 4 heteroatoms. The molecule has 0 saturated carbocycles. The summed E-state index contributed by atoms with van der Waals surface area (Å²) in [7, 11) is 8.47. The van der Waals surface area contributed by atoms with Crippen molar-refractivity contribution in [2.45, 2.75) is 65.7 Å². The van der Waals surface area contributed by atoms with Gasteiger partial charge in [0, 0.05) is 52.4 Å². The lowest BCUT2D eigenvalue weighted by molar-refractivity contribution is 0.0608. The Balaban J connectivity index is 0.000000240. The smallest absolute Gasteiger partial charge is 0.0964 e. The van der Waals surface area contributed by atoms with Gasteiger partial charge in [-0.25, -0.2) is 0 Å². The minimum absolute atomic E-state index is 0.601. The average Bonchev–Trinajstić information content (AvgIpc) is 2.58. The second-order valence-electron chi connectivity index (χ2n) is 7.96. The zero-order valence-electron chi connectivity index (χ0n) is 17.7. The highest BCUT2D eigenvalue weighted by atomic mass is 15.4. The van der Waals surface area contributed by atoms with Crippen molar-refractivity contribution in [2.75, 3.05) is 28.2 Å². The van der Waals surface area contributed by atoms with Crippen LogP contribution in [0, 0.1) is 11.8 Å². The molecule has 4 nitrogen and oxygen atoms in total. The molecule has 0 bridgehead atoms. The normalized spacial score (nSPS) is 37.4. The quantitative estimate of drug-likeness (QED) is 0.671. The first-order valence-corrected chi connectivity index (χ1v) is 9.22. The van der Waals surface area contributed by atoms with E-state index in [9.17, 15) is 0 Å². The molecule has 0 radical (unpaired) electrons. The molecule has 2 saturated heterocycles. The molecule has 24 heavy (non-hydrogen) atoms. The molecule has 0 aromatic heterocycles. The van der Waals surface area contributed by atoms with E-state index < -0.39 is 0 Å². The van der Waals surface area contributed by atoms with Crippen LogP contribution in [0.3, 0.4) is 0 Å². The van der Waals surface area contributed by atoms with E-state index in [0.717, 1.165) is 11.6 Å². The van der Waals surface area contributed by atoms with Gasteiger partial charge in [-0.2, -0.15) is 0 Å². The predicted octanol–water partition coefficient (Wildman–Crippen LogP) is 3.50. The molecule has 2 aliphatic heterocycles. The van der Waals surface area contributed by atoms with Crippen LogP contribution in [0.5, 0.6) is 0 Å². The highest BCUT2D eigenvalue weighted by Gasteiger charge is 2.33. The third-order valence-corrected chi connectivity index (χ3v) is 7.12. The topological polar surface area (TPSA) is 13.0 Å². The van der Waals surface area contributed by atoms with Crippen LogP contribution in [0.1, 0.15) is 41.5 Å². The second kappa shape index (κ2) is 7.71. The summed E-state index contributed by atoms with van der Waals surface area (Å²) in [5.41, 5.74) is 0. The molecule has 2 heterocycles. The minimum Gasteiger partial charge on any atom is -0.359 e. The first-order chi connectivity index (χ1) is 10.9. The van der Waals surface area contributed by atoms with Crippen molar-refractivity contribution in [3.8, 4) is 0 Å². The summed E-state index contributed by atoms with van der Waals surface area (Å²) < 4.78 is 0. The Hall–Kier alpha value is -1.32. The fourth-order valence-electron chi connectivity index (χ4n) is 3.65. The molecule has 140 valence electrons.